The number of carbonyl (C=O) groups excluding carboxylic acids is 2. The third-order valence-electron chi connectivity index (χ3n) is 5.19. The number of rotatable bonds is 3. The second-order valence-corrected chi connectivity index (χ2v) is 7.37. The Balaban J connectivity index is 1.52. The van der Waals surface area contributed by atoms with Crippen molar-refractivity contribution in [1.82, 2.24) is 24.5 Å². The molecule has 1 spiro atoms. The summed E-state index contributed by atoms with van der Waals surface area (Å²) in [6.07, 6.45) is 2.69. The molecule has 2 aromatic rings. The summed E-state index contributed by atoms with van der Waals surface area (Å²) in [7, 11) is 0. The van der Waals surface area contributed by atoms with Crippen molar-refractivity contribution in [3.63, 3.8) is 0 Å². The van der Waals surface area contributed by atoms with Crippen LogP contribution in [0.25, 0.3) is 5.65 Å². The molecule has 0 aliphatic carbocycles. The van der Waals surface area contributed by atoms with Crippen LogP contribution in [0.2, 0.25) is 0 Å². The van der Waals surface area contributed by atoms with Crippen LogP contribution in [0, 0.1) is 6.92 Å². The van der Waals surface area contributed by atoms with E-state index in [0.717, 1.165) is 23.6 Å². The second-order valence-electron chi connectivity index (χ2n) is 7.37. The minimum atomic E-state index is -0.767. The van der Waals surface area contributed by atoms with Crippen LogP contribution in [0.15, 0.2) is 24.4 Å². The molecule has 0 saturated carbocycles. The van der Waals surface area contributed by atoms with Gasteiger partial charge in [-0.1, -0.05) is 6.07 Å². The van der Waals surface area contributed by atoms with Gasteiger partial charge in [0.05, 0.1) is 5.69 Å². The summed E-state index contributed by atoms with van der Waals surface area (Å²) in [6, 6.07) is 5.65. The summed E-state index contributed by atoms with van der Waals surface area (Å²) < 4.78 is 2.07. The van der Waals surface area contributed by atoms with Crippen molar-refractivity contribution >= 4 is 17.6 Å². The number of pyridine rings is 1. The minimum Gasteiger partial charge on any atom is -0.322 e. The molecule has 4 rings (SSSR count). The molecule has 3 amide bonds. The number of imidazole rings is 1. The standard InChI is InChI=1S/C18H23N5O2/c1-12(2)23-16(24)18(20-17(23)25)7-8-21(11-18)9-14-10-22-13(3)5-4-6-15(22)19-14/h4-6,10,12H,7-9,11H2,1-3H3,(H,20,25). The zero-order valence-corrected chi connectivity index (χ0v) is 14.8. The van der Waals surface area contributed by atoms with Gasteiger partial charge in [0, 0.05) is 37.6 Å². The predicted molar refractivity (Wildman–Crippen MR) is 93.1 cm³/mol. The van der Waals surface area contributed by atoms with Crippen molar-refractivity contribution in [3.8, 4) is 0 Å². The largest absolute Gasteiger partial charge is 0.325 e. The number of fused-ring (bicyclic) bond motifs is 1. The highest BCUT2D eigenvalue weighted by Crippen LogP contribution is 2.30. The quantitative estimate of drug-likeness (QED) is 0.860. The van der Waals surface area contributed by atoms with E-state index in [1.165, 1.54) is 4.90 Å². The molecule has 2 saturated heterocycles. The first kappa shape index (κ1) is 16.1. The van der Waals surface area contributed by atoms with Crippen LogP contribution < -0.4 is 5.32 Å². The molecule has 132 valence electrons. The van der Waals surface area contributed by atoms with Crippen LogP contribution >= 0.6 is 0 Å². The van der Waals surface area contributed by atoms with E-state index in [0.29, 0.717) is 19.5 Å². The lowest BCUT2D eigenvalue weighted by atomic mass is 9.98. The number of aryl methyl sites for hydroxylation is 1. The van der Waals surface area contributed by atoms with Gasteiger partial charge in [0.15, 0.2) is 0 Å². The molecule has 7 heteroatoms. The third kappa shape index (κ3) is 2.50. The smallest absolute Gasteiger partial charge is 0.322 e. The molecule has 2 fully saturated rings. The highest BCUT2D eigenvalue weighted by molar-refractivity contribution is 6.07. The Kier molecular flexibility index (Phi) is 3.57. The zero-order valence-electron chi connectivity index (χ0n) is 14.8. The van der Waals surface area contributed by atoms with Gasteiger partial charge in [0.1, 0.15) is 11.2 Å². The number of imide groups is 1. The van der Waals surface area contributed by atoms with Crippen molar-refractivity contribution < 1.29 is 9.59 Å². The molecular formula is C18H23N5O2. The maximum Gasteiger partial charge on any atom is 0.325 e. The van der Waals surface area contributed by atoms with Crippen molar-refractivity contribution in [2.24, 2.45) is 0 Å². The number of carbonyl (C=O) groups is 2. The summed E-state index contributed by atoms with van der Waals surface area (Å²) >= 11 is 0. The van der Waals surface area contributed by atoms with E-state index in [9.17, 15) is 9.59 Å². The Morgan fingerprint density at radius 1 is 1.32 bits per heavy atom. The third-order valence-corrected chi connectivity index (χ3v) is 5.19. The number of nitrogens with zero attached hydrogens (tertiary/aromatic N) is 4. The average molecular weight is 341 g/mol. The monoisotopic (exact) mass is 341 g/mol. The fourth-order valence-corrected chi connectivity index (χ4v) is 3.91. The summed E-state index contributed by atoms with van der Waals surface area (Å²) in [5, 5.41) is 2.93. The van der Waals surface area contributed by atoms with Crippen molar-refractivity contribution in [1.29, 1.82) is 0 Å². The number of hydrogen-bond donors (Lipinski definition) is 1. The van der Waals surface area contributed by atoms with E-state index in [2.05, 4.69) is 32.6 Å². The second kappa shape index (κ2) is 5.56. The van der Waals surface area contributed by atoms with Crippen LogP contribution in [0.3, 0.4) is 0 Å². The van der Waals surface area contributed by atoms with Crippen LogP contribution in [0.5, 0.6) is 0 Å². The zero-order chi connectivity index (χ0) is 17.8. The molecule has 2 aliphatic rings. The van der Waals surface area contributed by atoms with Crippen molar-refractivity contribution in [2.75, 3.05) is 13.1 Å². The number of nitrogens with one attached hydrogen (secondary N) is 1. The normalized spacial score (nSPS) is 24.2. The van der Waals surface area contributed by atoms with Gasteiger partial charge in [-0.15, -0.1) is 0 Å². The lowest BCUT2D eigenvalue weighted by Crippen LogP contribution is -2.49. The number of hydrogen-bond acceptors (Lipinski definition) is 4. The van der Waals surface area contributed by atoms with E-state index in [-0.39, 0.29) is 18.0 Å². The Bertz CT molecular complexity index is 858. The molecule has 4 heterocycles. The van der Waals surface area contributed by atoms with Crippen LogP contribution in [0.4, 0.5) is 4.79 Å². The first-order valence-corrected chi connectivity index (χ1v) is 8.71. The number of likely N-dealkylation sites (tertiary alicyclic amines) is 1. The number of aromatic nitrogens is 2. The lowest BCUT2D eigenvalue weighted by molar-refractivity contribution is -0.132. The van der Waals surface area contributed by atoms with Gasteiger partial charge in [0.2, 0.25) is 0 Å². The minimum absolute atomic E-state index is 0.0964. The van der Waals surface area contributed by atoms with Gasteiger partial charge in [0.25, 0.3) is 5.91 Å². The van der Waals surface area contributed by atoms with Gasteiger partial charge in [-0.05, 0) is 39.3 Å². The molecule has 0 aromatic carbocycles. The Morgan fingerprint density at radius 2 is 2.12 bits per heavy atom. The summed E-state index contributed by atoms with van der Waals surface area (Å²) in [6.45, 7) is 7.76. The van der Waals surface area contributed by atoms with Gasteiger partial charge in [-0.2, -0.15) is 0 Å². The topological polar surface area (TPSA) is 70.0 Å². The molecule has 0 radical (unpaired) electrons. The highest BCUT2D eigenvalue weighted by atomic mass is 16.2. The van der Waals surface area contributed by atoms with E-state index >= 15 is 0 Å². The average Bonchev–Trinajstić information content (AvgIpc) is 3.18. The van der Waals surface area contributed by atoms with E-state index < -0.39 is 5.54 Å². The molecule has 25 heavy (non-hydrogen) atoms. The molecule has 1 N–H and O–H groups in total. The predicted octanol–water partition coefficient (Wildman–Crippen LogP) is 1.55. The first-order valence-electron chi connectivity index (χ1n) is 8.71. The maximum absolute atomic E-state index is 12.8. The van der Waals surface area contributed by atoms with Gasteiger partial charge in [-0.25, -0.2) is 9.78 Å². The van der Waals surface area contributed by atoms with Gasteiger partial charge < -0.3 is 9.72 Å². The molecular weight excluding hydrogens is 318 g/mol. The van der Waals surface area contributed by atoms with Crippen LogP contribution in [-0.2, 0) is 11.3 Å². The summed E-state index contributed by atoms with van der Waals surface area (Å²) in [5.41, 5.74) is 2.28. The summed E-state index contributed by atoms with van der Waals surface area (Å²) in [5.74, 6) is -0.0964. The van der Waals surface area contributed by atoms with E-state index in [1.54, 1.807) is 0 Å². The lowest BCUT2D eigenvalue weighted by Gasteiger charge is -2.23. The summed E-state index contributed by atoms with van der Waals surface area (Å²) in [4.78, 5) is 33.1. The molecule has 0 bridgehead atoms. The SMILES string of the molecule is Cc1cccc2nc(CN3CCC4(C3)NC(=O)N(C(C)C)C4=O)cn12. The molecule has 1 atom stereocenters. The van der Waals surface area contributed by atoms with Gasteiger partial charge >= 0.3 is 6.03 Å². The molecule has 1 unspecified atom stereocenters. The van der Waals surface area contributed by atoms with Crippen LogP contribution in [0.1, 0.15) is 31.7 Å². The molecule has 2 aromatic heterocycles. The fourth-order valence-electron chi connectivity index (χ4n) is 3.91. The molecule has 7 nitrogen and oxygen atoms in total. The molecule has 2 aliphatic heterocycles. The highest BCUT2D eigenvalue weighted by Gasteiger charge is 2.55. The van der Waals surface area contributed by atoms with E-state index in [1.807, 2.05) is 32.2 Å². The Hall–Kier alpha value is -2.41. The Labute approximate surface area is 146 Å². The first-order chi connectivity index (χ1) is 11.9. The van der Waals surface area contributed by atoms with E-state index in [4.69, 9.17) is 0 Å². The number of amides is 3. The Morgan fingerprint density at radius 3 is 2.80 bits per heavy atom. The fraction of sp³-hybridized carbons (Fsp3) is 0.500. The maximum atomic E-state index is 12.8. The van der Waals surface area contributed by atoms with Crippen molar-refractivity contribution in [2.45, 2.75) is 45.3 Å². The number of urea groups is 1. The van der Waals surface area contributed by atoms with Gasteiger partial charge in [-0.3, -0.25) is 14.6 Å². The van der Waals surface area contributed by atoms with Crippen molar-refractivity contribution in [3.05, 3.63) is 35.8 Å². The van der Waals surface area contributed by atoms with Crippen LogP contribution in [-0.4, -0.2) is 55.8 Å².